The van der Waals surface area contributed by atoms with E-state index in [0.29, 0.717) is 27.9 Å². The Hall–Kier alpha value is -2.85. The number of thioether (sulfide) groups is 1. The lowest BCUT2D eigenvalue weighted by atomic mass is 10.1. The summed E-state index contributed by atoms with van der Waals surface area (Å²) < 4.78 is 38.2. The van der Waals surface area contributed by atoms with Crippen molar-refractivity contribution in [1.29, 1.82) is 0 Å². The zero-order valence-corrected chi connectivity index (χ0v) is 15.4. The fourth-order valence-corrected chi connectivity index (χ4v) is 4.00. The van der Waals surface area contributed by atoms with E-state index in [4.69, 9.17) is 5.73 Å². The van der Waals surface area contributed by atoms with Gasteiger partial charge in [-0.3, -0.25) is 10.7 Å². The number of nitrogens with one attached hydrogen (secondary N) is 2. The molecule has 1 atom stereocenters. The van der Waals surface area contributed by atoms with Crippen LogP contribution < -0.4 is 16.4 Å². The molecule has 4 rings (SSSR count). The number of pyridine rings is 1. The molecule has 0 bridgehead atoms. The number of aromatic nitrogens is 3. The van der Waals surface area contributed by atoms with Gasteiger partial charge >= 0.3 is 6.18 Å². The van der Waals surface area contributed by atoms with Gasteiger partial charge in [-0.15, -0.1) is 0 Å². The maximum atomic E-state index is 12.7. The Balaban J connectivity index is 1.62. The van der Waals surface area contributed by atoms with Crippen LogP contribution in [0.2, 0.25) is 0 Å². The Bertz CT molecular complexity index is 1020. The van der Waals surface area contributed by atoms with Crippen molar-refractivity contribution in [3.63, 3.8) is 0 Å². The second-order valence-electron chi connectivity index (χ2n) is 6.23. The number of halogens is 3. The summed E-state index contributed by atoms with van der Waals surface area (Å²) in [5, 5.41) is 6.84. The number of hydrogen-bond acceptors (Lipinski definition) is 7. The summed E-state index contributed by atoms with van der Waals surface area (Å²) in [5.74, 6) is 0.415. The van der Waals surface area contributed by atoms with Crippen LogP contribution in [0.15, 0.2) is 53.9 Å². The molecule has 1 aliphatic rings. The molecule has 3 aromatic rings. The largest absolute Gasteiger partial charge is 0.416 e. The number of nitrogens with two attached hydrogens (primary N) is 1. The van der Waals surface area contributed by atoms with Crippen LogP contribution in [-0.2, 0) is 11.2 Å². The summed E-state index contributed by atoms with van der Waals surface area (Å²) in [6.45, 7) is 1.91. The number of nitrogens with zero attached hydrogens (tertiary/aromatic N) is 3. The van der Waals surface area contributed by atoms with Gasteiger partial charge in [0.25, 0.3) is 0 Å². The molecule has 144 valence electrons. The summed E-state index contributed by atoms with van der Waals surface area (Å²) in [6, 6.07) is 8.45. The third-order valence-corrected chi connectivity index (χ3v) is 5.34. The molecule has 0 fully saturated rings. The summed E-state index contributed by atoms with van der Waals surface area (Å²) in [4.78, 5) is 11.8. The van der Waals surface area contributed by atoms with Crippen molar-refractivity contribution >= 4 is 29.0 Å². The average molecular weight is 404 g/mol. The van der Waals surface area contributed by atoms with Crippen molar-refractivity contribution in [2.24, 2.45) is 5.73 Å². The lowest BCUT2D eigenvalue weighted by Crippen LogP contribution is -2.40. The summed E-state index contributed by atoms with van der Waals surface area (Å²) in [5.41, 5.74) is 8.43. The summed E-state index contributed by atoms with van der Waals surface area (Å²) in [7, 11) is 0. The highest BCUT2D eigenvalue weighted by atomic mass is 32.2. The van der Waals surface area contributed by atoms with Crippen LogP contribution in [0.25, 0.3) is 0 Å². The van der Waals surface area contributed by atoms with Crippen molar-refractivity contribution in [3.8, 4) is 0 Å². The molecule has 1 unspecified atom stereocenters. The van der Waals surface area contributed by atoms with E-state index in [-0.39, 0.29) is 0 Å². The fourth-order valence-electron chi connectivity index (χ4n) is 2.88. The van der Waals surface area contributed by atoms with Crippen LogP contribution >= 0.6 is 11.8 Å². The average Bonchev–Trinajstić information content (AvgIpc) is 3.00. The van der Waals surface area contributed by atoms with E-state index >= 15 is 0 Å². The van der Waals surface area contributed by atoms with E-state index in [1.54, 1.807) is 6.20 Å². The molecule has 28 heavy (non-hydrogen) atoms. The van der Waals surface area contributed by atoms with Gasteiger partial charge in [0.05, 0.1) is 11.3 Å². The molecule has 1 aromatic carbocycles. The molecular formula is C18H15F3N6S. The maximum Gasteiger partial charge on any atom is 0.416 e. The standard InChI is InChI=1S/C18H15F3N6S/c1-10-3-2-8-23-14(10)18(22)27-13-15(24-9-25-16(13)28-18)26-12-6-4-11(5-7-12)17(19,20)21/h2-9,27H,22H2,1H3,(H,24,25,26). The molecule has 6 nitrogen and oxygen atoms in total. The Morgan fingerprint density at radius 2 is 1.86 bits per heavy atom. The number of benzene rings is 1. The molecule has 1 aliphatic heterocycles. The van der Waals surface area contributed by atoms with Gasteiger partial charge in [0.15, 0.2) is 10.8 Å². The molecule has 2 aromatic heterocycles. The SMILES string of the molecule is Cc1cccnc1C1(N)Nc2c(Nc3ccc(C(F)(F)F)cc3)ncnc2S1. The molecule has 0 radical (unpaired) electrons. The number of hydrogen-bond donors (Lipinski definition) is 3. The van der Waals surface area contributed by atoms with Crippen LogP contribution in [0.3, 0.4) is 0 Å². The third-order valence-electron chi connectivity index (χ3n) is 4.22. The molecule has 0 aliphatic carbocycles. The van der Waals surface area contributed by atoms with E-state index in [9.17, 15) is 13.2 Å². The molecule has 0 saturated carbocycles. The first-order chi connectivity index (χ1) is 13.3. The number of rotatable bonds is 3. The van der Waals surface area contributed by atoms with E-state index in [1.807, 2.05) is 19.1 Å². The second-order valence-corrected chi connectivity index (χ2v) is 7.47. The van der Waals surface area contributed by atoms with Gasteiger partial charge < -0.3 is 10.6 Å². The predicted molar refractivity (Wildman–Crippen MR) is 101 cm³/mol. The highest BCUT2D eigenvalue weighted by molar-refractivity contribution is 8.00. The van der Waals surface area contributed by atoms with Gasteiger partial charge in [-0.1, -0.05) is 17.8 Å². The fraction of sp³-hybridized carbons (Fsp3) is 0.167. The topological polar surface area (TPSA) is 88.8 Å². The van der Waals surface area contributed by atoms with Crippen LogP contribution in [0.4, 0.5) is 30.4 Å². The lowest BCUT2D eigenvalue weighted by molar-refractivity contribution is -0.137. The first-order valence-corrected chi connectivity index (χ1v) is 9.05. The zero-order chi connectivity index (χ0) is 19.9. The quantitative estimate of drug-likeness (QED) is 0.563. The van der Waals surface area contributed by atoms with Crippen LogP contribution in [0, 0.1) is 6.92 Å². The predicted octanol–water partition coefficient (Wildman–Crippen LogP) is 4.23. The number of aryl methyl sites for hydroxylation is 1. The van der Waals surface area contributed by atoms with E-state index in [2.05, 4.69) is 25.6 Å². The van der Waals surface area contributed by atoms with Crippen molar-refractivity contribution in [3.05, 3.63) is 65.7 Å². The van der Waals surface area contributed by atoms with Gasteiger partial charge in [-0.05, 0) is 42.8 Å². The van der Waals surface area contributed by atoms with Crippen LogP contribution in [-0.4, -0.2) is 15.0 Å². The monoisotopic (exact) mass is 404 g/mol. The summed E-state index contributed by atoms with van der Waals surface area (Å²) in [6.07, 6.45) is -1.35. The van der Waals surface area contributed by atoms with Crippen LogP contribution in [0.5, 0.6) is 0 Å². The van der Waals surface area contributed by atoms with Gasteiger partial charge in [-0.25, -0.2) is 9.97 Å². The molecule has 0 amide bonds. The first-order valence-electron chi connectivity index (χ1n) is 8.24. The normalized spacial score (nSPS) is 18.5. The molecule has 3 heterocycles. The highest BCUT2D eigenvalue weighted by Crippen LogP contribution is 2.49. The Morgan fingerprint density at radius 1 is 1.11 bits per heavy atom. The smallest absolute Gasteiger partial charge is 0.348 e. The van der Waals surface area contributed by atoms with E-state index in [0.717, 1.165) is 17.7 Å². The van der Waals surface area contributed by atoms with Gasteiger partial charge in [0.1, 0.15) is 17.0 Å². The van der Waals surface area contributed by atoms with Gasteiger partial charge in [0, 0.05) is 11.9 Å². The molecule has 0 spiro atoms. The van der Waals surface area contributed by atoms with Crippen LogP contribution in [0.1, 0.15) is 16.8 Å². The van der Waals surface area contributed by atoms with E-state index < -0.39 is 16.7 Å². The lowest BCUT2D eigenvalue weighted by Gasteiger charge is -2.24. The Kier molecular flexibility index (Phi) is 4.39. The number of anilines is 3. The Morgan fingerprint density at radius 3 is 2.54 bits per heavy atom. The zero-order valence-electron chi connectivity index (χ0n) is 14.6. The van der Waals surface area contributed by atoms with Crippen molar-refractivity contribution in [1.82, 2.24) is 15.0 Å². The minimum absolute atomic E-state index is 0.415. The van der Waals surface area contributed by atoms with Gasteiger partial charge in [-0.2, -0.15) is 13.2 Å². The van der Waals surface area contributed by atoms with Crippen molar-refractivity contribution < 1.29 is 13.2 Å². The maximum absolute atomic E-state index is 12.7. The minimum atomic E-state index is -4.38. The molecule has 4 N–H and O–H groups in total. The van der Waals surface area contributed by atoms with Gasteiger partial charge in [0.2, 0.25) is 0 Å². The molecular weight excluding hydrogens is 389 g/mol. The third kappa shape index (κ3) is 3.36. The molecule has 0 saturated heterocycles. The highest BCUT2D eigenvalue weighted by Gasteiger charge is 2.40. The molecule has 10 heteroatoms. The Labute approximate surface area is 162 Å². The number of alkyl halides is 3. The minimum Gasteiger partial charge on any atom is -0.348 e. The van der Waals surface area contributed by atoms with E-state index in [1.165, 1.54) is 30.2 Å². The number of fused-ring (bicyclic) bond motifs is 1. The first kappa shape index (κ1) is 18.5. The van der Waals surface area contributed by atoms with Crippen molar-refractivity contribution in [2.45, 2.75) is 23.1 Å². The second kappa shape index (κ2) is 6.64. The van der Waals surface area contributed by atoms with Crippen molar-refractivity contribution in [2.75, 3.05) is 10.6 Å². The summed E-state index contributed by atoms with van der Waals surface area (Å²) >= 11 is 1.30.